The van der Waals surface area contributed by atoms with Crippen molar-refractivity contribution in [2.24, 2.45) is 0 Å². The summed E-state index contributed by atoms with van der Waals surface area (Å²) in [6.45, 7) is 4.94. The summed E-state index contributed by atoms with van der Waals surface area (Å²) in [6, 6.07) is 2.05. The van der Waals surface area contributed by atoms with Gasteiger partial charge in [0.15, 0.2) is 0 Å². The third-order valence-electron chi connectivity index (χ3n) is 1.97. The molecule has 0 aliphatic carbocycles. The van der Waals surface area contributed by atoms with Crippen molar-refractivity contribution < 1.29 is 4.74 Å². The molecule has 1 aromatic rings. The molecule has 0 N–H and O–H groups in total. The van der Waals surface area contributed by atoms with E-state index in [2.05, 4.69) is 11.9 Å². The van der Waals surface area contributed by atoms with Crippen LogP contribution in [0.5, 0.6) is 5.75 Å². The van der Waals surface area contributed by atoms with Crippen molar-refractivity contribution in [3.63, 3.8) is 0 Å². The van der Waals surface area contributed by atoms with Gasteiger partial charge in [0.25, 0.3) is 0 Å². The van der Waals surface area contributed by atoms with Gasteiger partial charge in [0.2, 0.25) is 0 Å². The Bertz CT molecular complexity index is 283. The van der Waals surface area contributed by atoms with Crippen LogP contribution < -0.4 is 4.74 Å². The normalized spacial score (nSPS) is 21.1. The van der Waals surface area contributed by atoms with Crippen LogP contribution in [0.15, 0.2) is 12.3 Å². The Balaban J connectivity index is 2.50. The minimum absolute atomic E-state index is 0.464. The molecule has 0 bridgehead atoms. The molecule has 1 unspecified atom stereocenters. The fourth-order valence-corrected chi connectivity index (χ4v) is 1.33. The maximum Gasteiger partial charge on any atom is 0.141 e. The quantitative estimate of drug-likeness (QED) is 0.562. The highest BCUT2D eigenvalue weighted by atomic mass is 16.5. The summed E-state index contributed by atoms with van der Waals surface area (Å²) < 4.78 is 5.43. The molecule has 0 aromatic carbocycles. The van der Waals surface area contributed by atoms with Gasteiger partial charge in [-0.1, -0.05) is 6.92 Å². The number of rotatable bonds is 0. The van der Waals surface area contributed by atoms with E-state index in [0.29, 0.717) is 5.92 Å². The predicted octanol–water partition coefficient (Wildman–Crippen LogP) is 1.89. The molecule has 11 heavy (non-hydrogen) atoms. The molecule has 1 atom stereocenters. The summed E-state index contributed by atoms with van der Waals surface area (Å²) in [4.78, 5) is 4.31. The molecular formula is C9H11NO. The third-order valence-corrected chi connectivity index (χ3v) is 1.97. The van der Waals surface area contributed by atoms with Crippen LogP contribution in [0.1, 0.15) is 24.1 Å². The van der Waals surface area contributed by atoms with E-state index < -0.39 is 0 Å². The van der Waals surface area contributed by atoms with Crippen molar-refractivity contribution >= 4 is 0 Å². The van der Waals surface area contributed by atoms with Crippen molar-refractivity contribution in [2.45, 2.75) is 19.8 Å². The highest BCUT2D eigenvalue weighted by Crippen LogP contribution is 2.31. The lowest BCUT2D eigenvalue weighted by Crippen LogP contribution is -1.94. The third kappa shape index (κ3) is 0.985. The Kier molecular flexibility index (Phi) is 1.34. The van der Waals surface area contributed by atoms with Crippen molar-refractivity contribution in [1.82, 2.24) is 4.98 Å². The smallest absolute Gasteiger partial charge is 0.141 e. The van der Waals surface area contributed by atoms with Crippen LogP contribution in [0, 0.1) is 6.92 Å². The van der Waals surface area contributed by atoms with E-state index in [4.69, 9.17) is 4.74 Å². The van der Waals surface area contributed by atoms with Gasteiger partial charge in [-0.25, -0.2) is 0 Å². The molecular weight excluding hydrogens is 138 g/mol. The number of pyridine rings is 1. The fourth-order valence-electron chi connectivity index (χ4n) is 1.33. The Labute approximate surface area is 66.2 Å². The zero-order chi connectivity index (χ0) is 7.84. The van der Waals surface area contributed by atoms with E-state index in [9.17, 15) is 0 Å². The van der Waals surface area contributed by atoms with Crippen LogP contribution in [0.3, 0.4) is 0 Å². The molecule has 2 heterocycles. The van der Waals surface area contributed by atoms with E-state index >= 15 is 0 Å². The predicted molar refractivity (Wildman–Crippen MR) is 42.9 cm³/mol. The minimum Gasteiger partial charge on any atom is -0.491 e. The van der Waals surface area contributed by atoms with Crippen molar-refractivity contribution in [2.75, 3.05) is 6.61 Å². The number of aromatic nitrogens is 1. The largest absolute Gasteiger partial charge is 0.491 e. The standard InChI is InChI=1S/C9H11NO/c1-6-3-8-9(10-4-6)7(2)5-11-8/h3-4,7H,5H2,1-2H3. The number of hydrogen-bond donors (Lipinski definition) is 0. The molecule has 0 amide bonds. The summed E-state index contributed by atoms with van der Waals surface area (Å²) in [5.41, 5.74) is 2.27. The SMILES string of the molecule is Cc1cnc2c(c1)OCC2C. The molecule has 58 valence electrons. The van der Waals surface area contributed by atoms with Crippen LogP contribution >= 0.6 is 0 Å². The topological polar surface area (TPSA) is 22.1 Å². The van der Waals surface area contributed by atoms with E-state index in [1.54, 1.807) is 0 Å². The van der Waals surface area contributed by atoms with Crippen molar-refractivity contribution in [3.8, 4) is 5.75 Å². The van der Waals surface area contributed by atoms with Crippen molar-refractivity contribution in [1.29, 1.82) is 0 Å². The molecule has 0 spiro atoms. The van der Waals surface area contributed by atoms with Gasteiger partial charge < -0.3 is 4.74 Å². The van der Waals surface area contributed by atoms with Crippen LogP contribution in [0.4, 0.5) is 0 Å². The number of nitrogens with zero attached hydrogens (tertiary/aromatic N) is 1. The first-order chi connectivity index (χ1) is 5.27. The lowest BCUT2D eigenvalue weighted by Gasteiger charge is -1.98. The number of hydrogen-bond acceptors (Lipinski definition) is 2. The van der Waals surface area contributed by atoms with Crippen LogP contribution in [0.2, 0.25) is 0 Å². The van der Waals surface area contributed by atoms with Crippen LogP contribution in [-0.4, -0.2) is 11.6 Å². The monoisotopic (exact) mass is 149 g/mol. The second kappa shape index (κ2) is 2.22. The van der Waals surface area contributed by atoms with E-state index in [1.165, 1.54) is 0 Å². The first kappa shape index (κ1) is 6.65. The van der Waals surface area contributed by atoms with Gasteiger partial charge in [-0.3, -0.25) is 4.98 Å². The summed E-state index contributed by atoms with van der Waals surface area (Å²) in [7, 11) is 0. The van der Waals surface area contributed by atoms with Crippen molar-refractivity contribution in [3.05, 3.63) is 23.5 Å². The van der Waals surface area contributed by atoms with Gasteiger partial charge in [-0.2, -0.15) is 0 Å². The van der Waals surface area contributed by atoms with Crippen LogP contribution in [-0.2, 0) is 0 Å². The molecule has 2 heteroatoms. The molecule has 2 rings (SSSR count). The number of fused-ring (bicyclic) bond motifs is 1. The Morgan fingerprint density at radius 1 is 1.64 bits per heavy atom. The second-order valence-electron chi connectivity index (χ2n) is 3.11. The maximum absolute atomic E-state index is 5.43. The van der Waals surface area contributed by atoms with Crippen LogP contribution in [0.25, 0.3) is 0 Å². The number of aryl methyl sites for hydroxylation is 1. The molecule has 0 saturated carbocycles. The fraction of sp³-hybridized carbons (Fsp3) is 0.444. The zero-order valence-corrected chi connectivity index (χ0v) is 6.79. The average Bonchev–Trinajstić information content (AvgIpc) is 2.32. The Hall–Kier alpha value is -1.05. The average molecular weight is 149 g/mol. The van der Waals surface area contributed by atoms with Gasteiger partial charge in [0.1, 0.15) is 5.75 Å². The molecule has 0 saturated heterocycles. The maximum atomic E-state index is 5.43. The van der Waals surface area contributed by atoms with Gasteiger partial charge >= 0.3 is 0 Å². The highest BCUT2D eigenvalue weighted by Gasteiger charge is 2.20. The summed E-state index contributed by atoms with van der Waals surface area (Å²) in [5.74, 6) is 1.43. The molecule has 2 nitrogen and oxygen atoms in total. The molecule has 1 aliphatic heterocycles. The summed E-state index contributed by atoms with van der Waals surface area (Å²) >= 11 is 0. The molecule has 1 aliphatic rings. The first-order valence-corrected chi connectivity index (χ1v) is 3.86. The van der Waals surface area contributed by atoms with E-state index in [0.717, 1.165) is 23.6 Å². The molecule has 0 fully saturated rings. The summed E-state index contributed by atoms with van der Waals surface area (Å²) in [5, 5.41) is 0. The van der Waals surface area contributed by atoms with Gasteiger partial charge in [0.05, 0.1) is 12.3 Å². The Morgan fingerprint density at radius 3 is 3.27 bits per heavy atom. The zero-order valence-electron chi connectivity index (χ0n) is 6.79. The van der Waals surface area contributed by atoms with E-state index in [-0.39, 0.29) is 0 Å². The molecule has 0 radical (unpaired) electrons. The van der Waals surface area contributed by atoms with Gasteiger partial charge in [0, 0.05) is 12.1 Å². The second-order valence-corrected chi connectivity index (χ2v) is 3.11. The molecule has 1 aromatic heterocycles. The number of ether oxygens (including phenoxy) is 1. The first-order valence-electron chi connectivity index (χ1n) is 3.86. The van der Waals surface area contributed by atoms with Gasteiger partial charge in [-0.05, 0) is 18.6 Å². The van der Waals surface area contributed by atoms with Gasteiger partial charge in [-0.15, -0.1) is 0 Å². The Morgan fingerprint density at radius 2 is 2.45 bits per heavy atom. The highest BCUT2D eigenvalue weighted by molar-refractivity contribution is 5.36. The lowest BCUT2D eigenvalue weighted by molar-refractivity contribution is 0.337. The summed E-state index contributed by atoms with van der Waals surface area (Å²) in [6.07, 6.45) is 1.89. The lowest BCUT2D eigenvalue weighted by atomic mass is 10.1. The van der Waals surface area contributed by atoms with E-state index in [1.807, 2.05) is 19.2 Å². The minimum atomic E-state index is 0.464.